The Bertz CT molecular complexity index is 605. The van der Waals surface area contributed by atoms with Crippen LogP contribution in [0.5, 0.6) is 11.5 Å². The van der Waals surface area contributed by atoms with E-state index in [9.17, 15) is 4.79 Å². The second-order valence-corrected chi connectivity index (χ2v) is 4.75. The van der Waals surface area contributed by atoms with Crippen LogP contribution in [-0.4, -0.2) is 5.78 Å². The lowest BCUT2D eigenvalue weighted by molar-refractivity contribution is 0.0988. The van der Waals surface area contributed by atoms with Crippen LogP contribution in [0.2, 0.25) is 5.02 Å². The zero-order valence-electron chi connectivity index (χ0n) is 10.9. The van der Waals surface area contributed by atoms with Gasteiger partial charge in [-0.05, 0) is 36.8 Å². The molecule has 0 aliphatic carbocycles. The van der Waals surface area contributed by atoms with Gasteiger partial charge in [0.25, 0.3) is 0 Å². The van der Waals surface area contributed by atoms with Crippen molar-refractivity contribution in [2.24, 2.45) is 0 Å². The van der Waals surface area contributed by atoms with E-state index in [0.29, 0.717) is 28.5 Å². The molecule has 2 nitrogen and oxygen atoms in total. The molecule has 0 aliphatic heterocycles. The summed E-state index contributed by atoms with van der Waals surface area (Å²) in [5.74, 6) is 1.45. The normalized spacial score (nSPS) is 10.3. The van der Waals surface area contributed by atoms with Gasteiger partial charge in [0.1, 0.15) is 11.5 Å². The number of carbonyl (C=O) groups is 1. The minimum atomic E-state index is 0.105. The zero-order valence-corrected chi connectivity index (χ0v) is 11.7. The molecule has 0 amide bonds. The topological polar surface area (TPSA) is 26.3 Å². The molecule has 0 saturated carbocycles. The highest BCUT2D eigenvalue weighted by atomic mass is 35.5. The number of halogens is 1. The van der Waals surface area contributed by atoms with Gasteiger partial charge in [-0.3, -0.25) is 4.79 Å². The van der Waals surface area contributed by atoms with Gasteiger partial charge in [0.05, 0.1) is 0 Å². The Morgan fingerprint density at radius 2 is 2.00 bits per heavy atom. The monoisotopic (exact) mass is 274 g/mol. The van der Waals surface area contributed by atoms with E-state index in [1.165, 1.54) is 0 Å². The Labute approximate surface area is 118 Å². The number of rotatable bonds is 4. The van der Waals surface area contributed by atoms with Crippen molar-refractivity contribution in [3.8, 4) is 11.5 Å². The lowest BCUT2D eigenvalue weighted by atomic mass is 10.1. The molecular weight excluding hydrogens is 260 g/mol. The number of aryl methyl sites for hydroxylation is 1. The maximum Gasteiger partial charge on any atom is 0.162 e. The maximum atomic E-state index is 11.7. The fourth-order valence-corrected chi connectivity index (χ4v) is 1.91. The summed E-state index contributed by atoms with van der Waals surface area (Å²) >= 11 is 5.95. The smallest absolute Gasteiger partial charge is 0.162 e. The first-order chi connectivity index (χ1) is 9.10. The molecule has 0 radical (unpaired) electrons. The highest BCUT2D eigenvalue weighted by Gasteiger charge is 2.06. The molecule has 98 valence electrons. The number of benzene rings is 2. The summed E-state index contributed by atoms with van der Waals surface area (Å²) < 4.78 is 5.79. The standard InChI is InChI=1S/C16H15ClO2/c1-3-15(18)12-5-4-6-14(9-12)19-16-10-13(17)8-7-11(16)2/h4-10H,3H2,1-2H3. The van der Waals surface area contributed by atoms with E-state index >= 15 is 0 Å². The second-order valence-electron chi connectivity index (χ2n) is 4.32. The Hall–Kier alpha value is -1.80. The fourth-order valence-electron chi connectivity index (χ4n) is 1.75. The minimum Gasteiger partial charge on any atom is -0.457 e. The lowest BCUT2D eigenvalue weighted by Crippen LogP contribution is -1.96. The van der Waals surface area contributed by atoms with Gasteiger partial charge in [-0.15, -0.1) is 0 Å². The SMILES string of the molecule is CCC(=O)c1cccc(Oc2cc(Cl)ccc2C)c1. The second kappa shape index (κ2) is 5.89. The van der Waals surface area contributed by atoms with E-state index in [1.807, 2.05) is 38.1 Å². The summed E-state index contributed by atoms with van der Waals surface area (Å²) in [7, 11) is 0. The van der Waals surface area contributed by atoms with Gasteiger partial charge >= 0.3 is 0 Å². The third-order valence-electron chi connectivity index (χ3n) is 2.86. The summed E-state index contributed by atoms with van der Waals surface area (Å²) in [4.78, 5) is 11.7. The molecule has 0 heterocycles. The van der Waals surface area contributed by atoms with Gasteiger partial charge < -0.3 is 4.74 Å². The van der Waals surface area contributed by atoms with E-state index < -0.39 is 0 Å². The first-order valence-corrected chi connectivity index (χ1v) is 6.55. The molecule has 0 bridgehead atoms. The Morgan fingerprint density at radius 3 is 2.74 bits per heavy atom. The number of ether oxygens (including phenoxy) is 1. The van der Waals surface area contributed by atoms with Crippen molar-refractivity contribution < 1.29 is 9.53 Å². The first kappa shape index (κ1) is 13.6. The van der Waals surface area contributed by atoms with Gasteiger partial charge in [-0.1, -0.05) is 36.7 Å². The molecule has 2 rings (SSSR count). The van der Waals surface area contributed by atoms with Gasteiger partial charge in [0.15, 0.2) is 5.78 Å². The quantitative estimate of drug-likeness (QED) is 0.731. The summed E-state index contributed by atoms with van der Waals surface area (Å²) in [5, 5.41) is 0.626. The van der Waals surface area contributed by atoms with Crippen molar-refractivity contribution in [3.05, 3.63) is 58.6 Å². The van der Waals surface area contributed by atoms with Crippen LogP contribution in [0.4, 0.5) is 0 Å². The Morgan fingerprint density at radius 1 is 1.21 bits per heavy atom. The molecule has 2 aromatic carbocycles. The van der Waals surface area contributed by atoms with Crippen LogP contribution < -0.4 is 4.74 Å². The van der Waals surface area contributed by atoms with Gasteiger partial charge in [0, 0.05) is 17.0 Å². The summed E-state index contributed by atoms with van der Waals surface area (Å²) in [6, 6.07) is 12.7. The van der Waals surface area contributed by atoms with E-state index in [2.05, 4.69) is 0 Å². The molecule has 0 fully saturated rings. The molecule has 0 aliphatic rings. The van der Waals surface area contributed by atoms with Crippen molar-refractivity contribution >= 4 is 17.4 Å². The van der Waals surface area contributed by atoms with E-state index in [0.717, 1.165) is 5.56 Å². The first-order valence-electron chi connectivity index (χ1n) is 6.17. The van der Waals surface area contributed by atoms with Crippen molar-refractivity contribution in [2.75, 3.05) is 0 Å². The Kier molecular flexibility index (Phi) is 4.23. The number of carbonyl (C=O) groups excluding carboxylic acids is 1. The van der Waals surface area contributed by atoms with Crippen LogP contribution in [0.1, 0.15) is 29.3 Å². The molecule has 0 aromatic heterocycles. The molecule has 19 heavy (non-hydrogen) atoms. The minimum absolute atomic E-state index is 0.105. The molecule has 0 spiro atoms. The van der Waals surface area contributed by atoms with Gasteiger partial charge in [-0.2, -0.15) is 0 Å². The van der Waals surface area contributed by atoms with Crippen LogP contribution in [0.15, 0.2) is 42.5 Å². The molecule has 0 N–H and O–H groups in total. The Balaban J connectivity index is 2.28. The van der Waals surface area contributed by atoms with Crippen LogP contribution in [-0.2, 0) is 0 Å². The zero-order chi connectivity index (χ0) is 13.8. The van der Waals surface area contributed by atoms with Crippen molar-refractivity contribution in [2.45, 2.75) is 20.3 Å². The average molecular weight is 275 g/mol. The highest BCUT2D eigenvalue weighted by Crippen LogP contribution is 2.28. The highest BCUT2D eigenvalue weighted by molar-refractivity contribution is 6.30. The number of hydrogen-bond acceptors (Lipinski definition) is 2. The molecule has 0 saturated heterocycles. The number of hydrogen-bond donors (Lipinski definition) is 0. The van der Waals surface area contributed by atoms with Crippen molar-refractivity contribution in [1.29, 1.82) is 0 Å². The summed E-state index contributed by atoms with van der Waals surface area (Å²) in [5.41, 5.74) is 1.66. The summed E-state index contributed by atoms with van der Waals surface area (Å²) in [6.07, 6.45) is 0.486. The average Bonchev–Trinajstić information content (AvgIpc) is 2.42. The van der Waals surface area contributed by atoms with Crippen molar-refractivity contribution in [1.82, 2.24) is 0 Å². The van der Waals surface area contributed by atoms with Gasteiger partial charge in [0.2, 0.25) is 0 Å². The van der Waals surface area contributed by atoms with Crippen LogP contribution in [0.25, 0.3) is 0 Å². The van der Waals surface area contributed by atoms with Crippen LogP contribution >= 0.6 is 11.6 Å². The van der Waals surface area contributed by atoms with Gasteiger partial charge in [-0.25, -0.2) is 0 Å². The van der Waals surface area contributed by atoms with E-state index in [4.69, 9.17) is 16.3 Å². The summed E-state index contributed by atoms with van der Waals surface area (Å²) in [6.45, 7) is 3.80. The molecule has 2 aromatic rings. The van der Waals surface area contributed by atoms with Crippen LogP contribution in [0.3, 0.4) is 0 Å². The fraction of sp³-hybridized carbons (Fsp3) is 0.188. The van der Waals surface area contributed by atoms with Crippen molar-refractivity contribution in [3.63, 3.8) is 0 Å². The molecule has 3 heteroatoms. The maximum absolute atomic E-state index is 11.7. The molecular formula is C16H15ClO2. The van der Waals surface area contributed by atoms with E-state index in [1.54, 1.807) is 18.2 Å². The predicted molar refractivity (Wildman–Crippen MR) is 77.3 cm³/mol. The molecule has 0 unspecified atom stereocenters. The third-order valence-corrected chi connectivity index (χ3v) is 3.09. The third kappa shape index (κ3) is 3.36. The molecule has 0 atom stereocenters. The van der Waals surface area contributed by atoms with E-state index in [-0.39, 0.29) is 5.78 Å². The van der Waals surface area contributed by atoms with Crippen LogP contribution in [0, 0.1) is 6.92 Å². The lowest BCUT2D eigenvalue weighted by Gasteiger charge is -2.10. The predicted octanol–water partition coefficient (Wildman–Crippen LogP) is 5.03. The number of Topliss-reactive ketones (excluding diaryl/α,β-unsaturated/α-hetero) is 1. The largest absolute Gasteiger partial charge is 0.457 e. The number of ketones is 1.